The maximum Gasteiger partial charge on any atom is 0.421 e. The summed E-state index contributed by atoms with van der Waals surface area (Å²) in [6.07, 6.45) is -5.08. The molecule has 1 saturated heterocycles. The number of likely N-dealkylation sites (tertiary alicyclic amines) is 1. The van der Waals surface area contributed by atoms with Gasteiger partial charge in [0.15, 0.2) is 0 Å². The number of aromatic carboxylic acids is 1. The van der Waals surface area contributed by atoms with Crippen LogP contribution >= 0.6 is 0 Å². The van der Waals surface area contributed by atoms with Crippen LogP contribution in [0.15, 0.2) is 12.1 Å². The van der Waals surface area contributed by atoms with E-state index >= 15 is 0 Å². The second-order valence-corrected chi connectivity index (χ2v) is 8.39. The van der Waals surface area contributed by atoms with Gasteiger partial charge in [-0.1, -0.05) is 0 Å². The molecule has 6 nitrogen and oxygen atoms in total. The Bertz CT molecular complexity index is 815. The normalized spacial score (nSPS) is 16.7. The number of carbonyl (C=O) groups excluding carboxylic acids is 1. The average molecular weight is 452 g/mol. The number of carboxylic acids is 1. The highest BCUT2D eigenvalue weighted by molar-refractivity contribution is 5.89. The van der Waals surface area contributed by atoms with E-state index < -0.39 is 65.1 Å². The molecule has 1 aliphatic rings. The summed E-state index contributed by atoms with van der Waals surface area (Å²) in [4.78, 5) is 24.7. The number of piperidine rings is 1. The summed E-state index contributed by atoms with van der Waals surface area (Å²) in [5.74, 6) is -3.83. The third kappa shape index (κ3) is 6.44. The zero-order valence-electron chi connectivity index (χ0n) is 17.4. The maximum atomic E-state index is 14.1. The number of rotatable bonds is 5. The van der Waals surface area contributed by atoms with E-state index in [0.29, 0.717) is 6.07 Å². The van der Waals surface area contributed by atoms with Crippen LogP contribution in [0.3, 0.4) is 0 Å². The minimum absolute atomic E-state index is 0.216. The van der Waals surface area contributed by atoms with Crippen LogP contribution in [0.2, 0.25) is 0 Å². The Morgan fingerprint density at radius 2 is 1.81 bits per heavy atom. The number of alkyl halides is 4. The highest BCUT2D eigenvalue weighted by Crippen LogP contribution is 2.39. The van der Waals surface area contributed by atoms with Gasteiger partial charge < -0.3 is 20.1 Å². The van der Waals surface area contributed by atoms with Gasteiger partial charge in [-0.15, -0.1) is 0 Å². The zero-order valence-corrected chi connectivity index (χ0v) is 17.4. The zero-order chi connectivity index (χ0) is 23.6. The summed E-state index contributed by atoms with van der Waals surface area (Å²) < 4.78 is 73.1. The molecule has 2 N–H and O–H groups in total. The van der Waals surface area contributed by atoms with Gasteiger partial charge in [0.05, 0.1) is 17.3 Å². The molecule has 0 aromatic heterocycles. The Morgan fingerprint density at radius 1 is 1.23 bits per heavy atom. The van der Waals surface area contributed by atoms with Gasteiger partial charge in [-0.3, -0.25) is 0 Å². The van der Waals surface area contributed by atoms with Crippen molar-refractivity contribution in [3.63, 3.8) is 0 Å². The van der Waals surface area contributed by atoms with E-state index in [-0.39, 0.29) is 32.0 Å². The summed E-state index contributed by atoms with van der Waals surface area (Å²) in [5, 5.41) is 11.4. The molecule has 174 valence electrons. The van der Waals surface area contributed by atoms with Gasteiger partial charge in [-0.05, 0) is 51.7 Å². The second kappa shape index (κ2) is 9.27. The van der Waals surface area contributed by atoms with Crippen LogP contribution in [0.25, 0.3) is 0 Å². The van der Waals surface area contributed by atoms with E-state index in [1.54, 1.807) is 20.8 Å². The predicted octanol–water partition coefficient (Wildman–Crippen LogP) is 4.94. The fraction of sp³-hybridized carbons (Fsp3) is 0.600. The smallest absolute Gasteiger partial charge is 0.421 e. The summed E-state index contributed by atoms with van der Waals surface area (Å²) in [5.41, 5.74) is -3.89. The minimum Gasteiger partial charge on any atom is -0.478 e. The van der Waals surface area contributed by atoms with Crippen molar-refractivity contribution in [3.05, 3.63) is 29.1 Å². The molecule has 0 spiro atoms. The Hall–Kier alpha value is -2.59. The SMILES string of the molecule is CC(C)(C)OC(=O)N1CCC([C@H](CF)Nc2cc(C(=O)O)cc(F)c2C(F)(F)F)CC1. The van der Waals surface area contributed by atoms with E-state index in [2.05, 4.69) is 5.32 Å². The molecule has 1 fully saturated rings. The molecule has 1 amide bonds. The first kappa shape index (κ1) is 24.7. The first-order valence-corrected chi connectivity index (χ1v) is 9.67. The van der Waals surface area contributed by atoms with Gasteiger partial charge in [0.2, 0.25) is 0 Å². The third-order valence-electron chi connectivity index (χ3n) is 4.89. The van der Waals surface area contributed by atoms with Crippen molar-refractivity contribution < 1.29 is 41.4 Å². The van der Waals surface area contributed by atoms with Crippen LogP contribution in [0.1, 0.15) is 49.5 Å². The summed E-state index contributed by atoms with van der Waals surface area (Å²) in [6, 6.07) is -0.197. The number of halogens is 5. The Balaban J connectivity index is 2.19. The molecule has 0 aliphatic carbocycles. The van der Waals surface area contributed by atoms with Crippen molar-refractivity contribution in [2.75, 3.05) is 25.1 Å². The molecule has 31 heavy (non-hydrogen) atoms. The van der Waals surface area contributed by atoms with Crippen LogP contribution in [0.4, 0.5) is 32.4 Å². The molecule has 0 bridgehead atoms. The van der Waals surface area contributed by atoms with Crippen LogP contribution in [0, 0.1) is 11.7 Å². The number of benzene rings is 1. The first-order valence-electron chi connectivity index (χ1n) is 9.67. The number of carboxylic acid groups (broad SMARTS) is 1. The molecule has 0 radical (unpaired) electrons. The number of hydrogen-bond acceptors (Lipinski definition) is 4. The van der Waals surface area contributed by atoms with Gasteiger partial charge in [-0.2, -0.15) is 13.2 Å². The largest absolute Gasteiger partial charge is 0.478 e. The molecular formula is C20H25F5N2O4. The molecular weight excluding hydrogens is 427 g/mol. The molecule has 1 atom stereocenters. The fourth-order valence-electron chi connectivity index (χ4n) is 3.43. The summed E-state index contributed by atoms with van der Waals surface area (Å²) >= 11 is 0. The summed E-state index contributed by atoms with van der Waals surface area (Å²) in [7, 11) is 0. The number of nitrogens with one attached hydrogen (secondary N) is 1. The lowest BCUT2D eigenvalue weighted by molar-refractivity contribution is -0.139. The van der Waals surface area contributed by atoms with Crippen molar-refractivity contribution in [2.45, 2.75) is 51.4 Å². The van der Waals surface area contributed by atoms with Crippen LogP contribution < -0.4 is 5.32 Å². The number of ether oxygens (including phenoxy) is 1. The van der Waals surface area contributed by atoms with E-state index in [0.717, 1.165) is 0 Å². The van der Waals surface area contributed by atoms with Crippen molar-refractivity contribution >= 4 is 17.7 Å². The lowest BCUT2D eigenvalue weighted by Gasteiger charge is -2.36. The molecule has 0 saturated carbocycles. The molecule has 11 heteroatoms. The van der Waals surface area contributed by atoms with Crippen LogP contribution in [0.5, 0.6) is 0 Å². The molecule has 2 rings (SSSR count). The fourth-order valence-corrected chi connectivity index (χ4v) is 3.43. The van der Waals surface area contributed by atoms with Crippen LogP contribution in [-0.2, 0) is 10.9 Å². The van der Waals surface area contributed by atoms with Gasteiger partial charge in [0.1, 0.15) is 23.7 Å². The number of carbonyl (C=O) groups is 2. The van der Waals surface area contributed by atoms with Gasteiger partial charge in [0, 0.05) is 13.1 Å². The van der Waals surface area contributed by atoms with E-state index in [4.69, 9.17) is 9.84 Å². The number of hydrogen-bond donors (Lipinski definition) is 2. The molecule has 1 aromatic carbocycles. The van der Waals surface area contributed by atoms with Gasteiger partial charge >= 0.3 is 18.2 Å². The van der Waals surface area contributed by atoms with Crippen molar-refractivity contribution in [2.24, 2.45) is 5.92 Å². The lowest BCUT2D eigenvalue weighted by Crippen LogP contribution is -2.45. The van der Waals surface area contributed by atoms with E-state index in [9.17, 15) is 31.5 Å². The number of nitrogens with zero attached hydrogens (tertiary/aromatic N) is 1. The summed E-state index contributed by atoms with van der Waals surface area (Å²) in [6.45, 7) is 4.50. The standard InChI is InChI=1S/C20H25F5N2O4/c1-19(2,3)31-18(30)27-6-4-11(5-7-27)15(10-21)26-14-9-12(17(28)29)8-13(22)16(14)20(23,24)25/h8-9,11,15,26H,4-7,10H2,1-3H3,(H,28,29)/t15-/m0/s1. The third-order valence-corrected chi connectivity index (χ3v) is 4.89. The van der Waals surface area contributed by atoms with Gasteiger partial charge in [0.25, 0.3) is 0 Å². The van der Waals surface area contributed by atoms with E-state index in [1.165, 1.54) is 4.90 Å². The van der Waals surface area contributed by atoms with E-state index in [1.807, 2.05) is 0 Å². The Labute approximate surface area is 176 Å². The molecule has 1 heterocycles. The highest BCUT2D eigenvalue weighted by Gasteiger charge is 2.39. The van der Waals surface area contributed by atoms with Crippen molar-refractivity contribution in [3.8, 4) is 0 Å². The second-order valence-electron chi connectivity index (χ2n) is 8.39. The number of amides is 1. The number of anilines is 1. The molecule has 1 aromatic rings. The Kier molecular flexibility index (Phi) is 7.38. The van der Waals surface area contributed by atoms with Crippen molar-refractivity contribution in [1.82, 2.24) is 4.90 Å². The topological polar surface area (TPSA) is 78.9 Å². The maximum absolute atomic E-state index is 14.1. The molecule has 1 aliphatic heterocycles. The highest BCUT2D eigenvalue weighted by atomic mass is 19.4. The lowest BCUT2D eigenvalue weighted by atomic mass is 9.89. The monoisotopic (exact) mass is 452 g/mol. The van der Waals surface area contributed by atoms with Crippen molar-refractivity contribution in [1.29, 1.82) is 0 Å². The quantitative estimate of drug-likeness (QED) is 0.619. The Morgan fingerprint density at radius 3 is 2.26 bits per heavy atom. The average Bonchev–Trinajstić information content (AvgIpc) is 2.63. The molecule has 0 unspecified atom stereocenters. The first-order chi connectivity index (χ1) is 14.2. The predicted molar refractivity (Wildman–Crippen MR) is 102 cm³/mol. The van der Waals surface area contributed by atoms with Crippen LogP contribution in [-0.4, -0.2) is 53.5 Å². The minimum atomic E-state index is -5.11. The van der Waals surface area contributed by atoms with Gasteiger partial charge in [-0.25, -0.2) is 18.4 Å².